The number of piperazine rings is 1. The van der Waals surface area contributed by atoms with Gasteiger partial charge in [0.1, 0.15) is 5.60 Å². The van der Waals surface area contributed by atoms with Gasteiger partial charge >= 0.3 is 6.09 Å². The van der Waals surface area contributed by atoms with Crippen LogP contribution < -0.4 is 5.32 Å². The fourth-order valence-corrected chi connectivity index (χ4v) is 3.61. The van der Waals surface area contributed by atoms with Gasteiger partial charge in [-0.3, -0.25) is 9.59 Å². The third-order valence-electron chi connectivity index (χ3n) is 4.08. The molecule has 1 saturated heterocycles. The van der Waals surface area contributed by atoms with Gasteiger partial charge in [0.05, 0.1) is 11.4 Å². The molecule has 7 nitrogen and oxygen atoms in total. The van der Waals surface area contributed by atoms with Crippen molar-refractivity contribution in [3.63, 3.8) is 0 Å². The second kappa shape index (κ2) is 7.19. The Labute approximate surface area is 157 Å². The first kappa shape index (κ1) is 18.6. The molecule has 0 radical (unpaired) electrons. The zero-order valence-corrected chi connectivity index (χ0v) is 16.0. The maximum absolute atomic E-state index is 12.7. The van der Waals surface area contributed by atoms with E-state index in [1.54, 1.807) is 21.9 Å². The molecule has 0 saturated carbocycles. The molecule has 3 amide bonds. The number of hydrogen-bond acceptors (Lipinski definition) is 5. The van der Waals surface area contributed by atoms with E-state index in [1.165, 1.54) is 11.8 Å². The summed E-state index contributed by atoms with van der Waals surface area (Å²) in [4.78, 5) is 40.7. The third-order valence-corrected chi connectivity index (χ3v) is 5.15. The minimum atomic E-state index is -0.532. The molecule has 8 heteroatoms. The lowest BCUT2D eigenvalue weighted by molar-refractivity contribution is -0.113. The Morgan fingerprint density at radius 1 is 1.12 bits per heavy atom. The van der Waals surface area contributed by atoms with E-state index in [1.807, 2.05) is 26.8 Å². The predicted molar refractivity (Wildman–Crippen MR) is 99.5 cm³/mol. The number of carbonyl (C=O) groups is 3. The molecule has 1 aromatic carbocycles. The van der Waals surface area contributed by atoms with Gasteiger partial charge < -0.3 is 19.9 Å². The van der Waals surface area contributed by atoms with Crippen LogP contribution in [0.5, 0.6) is 0 Å². The summed E-state index contributed by atoms with van der Waals surface area (Å²) < 4.78 is 5.37. The van der Waals surface area contributed by atoms with E-state index in [4.69, 9.17) is 4.74 Å². The minimum Gasteiger partial charge on any atom is -0.444 e. The summed E-state index contributed by atoms with van der Waals surface area (Å²) in [5.74, 6) is 0.243. The number of benzene rings is 1. The fraction of sp³-hybridized carbons (Fsp3) is 0.500. The minimum absolute atomic E-state index is 0.0573. The van der Waals surface area contributed by atoms with Crippen molar-refractivity contribution in [2.75, 3.05) is 37.2 Å². The van der Waals surface area contributed by atoms with Crippen molar-refractivity contribution < 1.29 is 19.1 Å². The van der Waals surface area contributed by atoms with Crippen LogP contribution >= 0.6 is 11.8 Å². The molecule has 0 aromatic heterocycles. The first-order valence-electron chi connectivity index (χ1n) is 8.57. The fourth-order valence-electron chi connectivity index (χ4n) is 2.82. The largest absolute Gasteiger partial charge is 0.444 e. The Bertz CT molecular complexity index is 736. The molecule has 3 rings (SSSR count). The van der Waals surface area contributed by atoms with Crippen LogP contribution in [-0.2, 0) is 9.53 Å². The molecule has 1 N–H and O–H groups in total. The normalized spacial score (nSPS) is 17.4. The van der Waals surface area contributed by atoms with Crippen molar-refractivity contribution in [3.05, 3.63) is 23.8 Å². The van der Waals surface area contributed by atoms with Crippen LogP contribution in [-0.4, -0.2) is 65.2 Å². The van der Waals surface area contributed by atoms with Gasteiger partial charge in [0.2, 0.25) is 5.91 Å². The highest BCUT2D eigenvalue weighted by Crippen LogP contribution is 2.32. The van der Waals surface area contributed by atoms with Gasteiger partial charge in [-0.25, -0.2) is 4.79 Å². The average Bonchev–Trinajstić information content (AvgIpc) is 2.59. The maximum Gasteiger partial charge on any atom is 0.410 e. The number of amides is 3. The van der Waals surface area contributed by atoms with Crippen molar-refractivity contribution in [1.82, 2.24) is 9.80 Å². The molecule has 2 aliphatic heterocycles. The Kier molecular flexibility index (Phi) is 5.13. The zero-order valence-electron chi connectivity index (χ0n) is 15.2. The zero-order chi connectivity index (χ0) is 18.9. The lowest BCUT2D eigenvalue weighted by Gasteiger charge is -2.35. The third kappa shape index (κ3) is 4.30. The SMILES string of the molecule is CC(C)(C)OC(=O)N1CCN(C(=O)c2ccc3c(c2)NC(=O)CS3)CC1. The smallest absolute Gasteiger partial charge is 0.410 e. The topological polar surface area (TPSA) is 79.0 Å². The van der Waals surface area contributed by atoms with Gasteiger partial charge in [0.25, 0.3) is 5.91 Å². The number of ether oxygens (including phenoxy) is 1. The summed E-state index contributed by atoms with van der Waals surface area (Å²) in [6.45, 7) is 7.29. The number of carbonyl (C=O) groups excluding carboxylic acids is 3. The number of nitrogens with zero attached hydrogens (tertiary/aromatic N) is 2. The summed E-state index contributed by atoms with van der Waals surface area (Å²) in [5, 5.41) is 2.80. The quantitative estimate of drug-likeness (QED) is 0.813. The van der Waals surface area contributed by atoms with E-state index < -0.39 is 5.60 Å². The highest BCUT2D eigenvalue weighted by Gasteiger charge is 2.28. The van der Waals surface area contributed by atoms with Crippen molar-refractivity contribution in [1.29, 1.82) is 0 Å². The molecular weight excluding hydrogens is 354 g/mol. The summed E-state index contributed by atoms with van der Waals surface area (Å²) in [7, 11) is 0. The van der Waals surface area contributed by atoms with Crippen LogP contribution in [0.25, 0.3) is 0 Å². The molecule has 0 atom stereocenters. The van der Waals surface area contributed by atoms with E-state index >= 15 is 0 Å². The van der Waals surface area contributed by atoms with E-state index in [0.717, 1.165) is 4.90 Å². The molecule has 0 spiro atoms. The van der Waals surface area contributed by atoms with E-state index in [-0.39, 0.29) is 17.9 Å². The van der Waals surface area contributed by atoms with Gasteiger partial charge in [-0.2, -0.15) is 0 Å². The molecule has 1 fully saturated rings. The Hall–Kier alpha value is -2.22. The Morgan fingerprint density at radius 2 is 1.77 bits per heavy atom. The number of rotatable bonds is 1. The first-order chi connectivity index (χ1) is 12.2. The second-order valence-corrected chi connectivity index (χ2v) is 8.32. The van der Waals surface area contributed by atoms with Crippen LogP contribution in [0.2, 0.25) is 0 Å². The number of hydrogen-bond donors (Lipinski definition) is 1. The molecule has 26 heavy (non-hydrogen) atoms. The number of fused-ring (bicyclic) bond motifs is 1. The molecule has 2 aliphatic rings. The summed E-state index contributed by atoms with van der Waals surface area (Å²) in [6.07, 6.45) is -0.349. The lowest BCUT2D eigenvalue weighted by atomic mass is 10.1. The van der Waals surface area contributed by atoms with Crippen molar-refractivity contribution in [3.8, 4) is 0 Å². The summed E-state index contributed by atoms with van der Waals surface area (Å²) >= 11 is 1.47. The van der Waals surface area contributed by atoms with E-state index in [9.17, 15) is 14.4 Å². The van der Waals surface area contributed by atoms with Crippen molar-refractivity contribution in [2.24, 2.45) is 0 Å². The van der Waals surface area contributed by atoms with Gasteiger partial charge in [0, 0.05) is 36.6 Å². The Balaban J connectivity index is 1.61. The molecule has 0 unspecified atom stereocenters. The van der Waals surface area contributed by atoms with Crippen molar-refractivity contribution in [2.45, 2.75) is 31.3 Å². The summed E-state index contributed by atoms with van der Waals surface area (Å²) in [6, 6.07) is 5.37. The van der Waals surface area contributed by atoms with Crippen LogP contribution in [0.15, 0.2) is 23.1 Å². The van der Waals surface area contributed by atoms with Gasteiger partial charge in [-0.15, -0.1) is 11.8 Å². The standard InChI is InChI=1S/C18H23N3O4S/c1-18(2,3)25-17(24)21-8-6-20(7-9-21)16(23)12-4-5-14-13(10-12)19-15(22)11-26-14/h4-5,10H,6-9,11H2,1-3H3,(H,19,22). The van der Waals surface area contributed by atoms with E-state index in [2.05, 4.69) is 5.32 Å². The highest BCUT2D eigenvalue weighted by atomic mass is 32.2. The van der Waals surface area contributed by atoms with Crippen LogP contribution in [0, 0.1) is 0 Å². The van der Waals surface area contributed by atoms with Crippen LogP contribution in [0.4, 0.5) is 10.5 Å². The van der Waals surface area contributed by atoms with Gasteiger partial charge in [0.15, 0.2) is 0 Å². The molecular formula is C18H23N3O4S. The summed E-state index contributed by atoms with van der Waals surface area (Å²) in [5.41, 5.74) is 0.692. The van der Waals surface area contributed by atoms with E-state index in [0.29, 0.717) is 43.2 Å². The van der Waals surface area contributed by atoms with Crippen molar-refractivity contribution >= 4 is 35.4 Å². The monoisotopic (exact) mass is 377 g/mol. The van der Waals surface area contributed by atoms with Gasteiger partial charge in [-0.05, 0) is 39.0 Å². The lowest BCUT2D eigenvalue weighted by Crippen LogP contribution is -2.51. The molecule has 0 bridgehead atoms. The first-order valence-corrected chi connectivity index (χ1v) is 9.55. The molecule has 140 valence electrons. The number of thioether (sulfide) groups is 1. The number of anilines is 1. The maximum atomic E-state index is 12.7. The number of nitrogens with one attached hydrogen (secondary N) is 1. The Morgan fingerprint density at radius 3 is 2.42 bits per heavy atom. The average molecular weight is 377 g/mol. The molecule has 2 heterocycles. The molecule has 0 aliphatic carbocycles. The van der Waals surface area contributed by atoms with Crippen LogP contribution in [0.1, 0.15) is 31.1 Å². The highest BCUT2D eigenvalue weighted by molar-refractivity contribution is 8.00. The molecule has 1 aromatic rings. The van der Waals surface area contributed by atoms with Crippen LogP contribution in [0.3, 0.4) is 0 Å². The van der Waals surface area contributed by atoms with Gasteiger partial charge in [-0.1, -0.05) is 0 Å². The second-order valence-electron chi connectivity index (χ2n) is 7.31. The predicted octanol–water partition coefficient (Wildman–Crippen LogP) is 2.42.